The van der Waals surface area contributed by atoms with Crippen molar-refractivity contribution in [1.82, 2.24) is 35.6 Å². The molecule has 1 aromatic carbocycles. The average Bonchev–Trinajstić information content (AvgIpc) is 4.13. The van der Waals surface area contributed by atoms with Crippen LogP contribution in [0.4, 0.5) is 0 Å². The summed E-state index contributed by atoms with van der Waals surface area (Å²) in [7, 11) is 4.38. The molecular weight excluding hydrogens is 1020 g/mol. The first-order chi connectivity index (χ1) is 37.0. The van der Waals surface area contributed by atoms with Crippen molar-refractivity contribution in [2.45, 2.75) is 201 Å². The van der Waals surface area contributed by atoms with E-state index >= 15 is 4.79 Å². The Morgan fingerprint density at radius 3 is 2.05 bits per heavy atom. The number of nitrogens with zero attached hydrogens (tertiary/aromatic N) is 4. The molecule has 21 heteroatoms. The summed E-state index contributed by atoms with van der Waals surface area (Å²) in [4.78, 5) is 149. The Balaban J connectivity index is 1.89. The van der Waals surface area contributed by atoms with Gasteiger partial charge in [0.15, 0.2) is 11.9 Å². The number of hydrogen-bond acceptors (Lipinski definition) is 14. The number of carbonyl (C=O) groups excluding carboxylic acids is 10. The number of carbonyl (C=O) groups is 10. The van der Waals surface area contributed by atoms with E-state index in [9.17, 15) is 48.3 Å². The van der Waals surface area contributed by atoms with E-state index in [1.54, 1.807) is 65.8 Å². The van der Waals surface area contributed by atoms with Crippen LogP contribution in [0.25, 0.3) is 0 Å². The van der Waals surface area contributed by atoms with E-state index in [1.165, 1.54) is 54.7 Å². The monoisotopic (exact) mass is 1110 g/mol. The van der Waals surface area contributed by atoms with Gasteiger partial charge in [0, 0.05) is 39.5 Å². The maximum atomic E-state index is 15.0. The molecule has 7 amide bonds. The molecule has 3 aliphatic heterocycles. The number of aliphatic hydroxyl groups is 1. The summed E-state index contributed by atoms with van der Waals surface area (Å²) < 4.78 is 17.3. The summed E-state index contributed by atoms with van der Waals surface area (Å²) >= 11 is 0. The minimum absolute atomic E-state index is 0.115. The van der Waals surface area contributed by atoms with Crippen LogP contribution in [0.1, 0.15) is 140 Å². The predicted octanol–water partition coefficient (Wildman–Crippen LogP) is 3.59. The number of likely N-dealkylation sites (N-methyl/N-ethyl adjacent to an activating group) is 2. The molecule has 3 saturated heterocycles. The van der Waals surface area contributed by atoms with Crippen molar-refractivity contribution >= 4 is 59.1 Å². The lowest BCUT2D eigenvalue weighted by atomic mass is 9.91. The summed E-state index contributed by atoms with van der Waals surface area (Å²) in [5.41, 5.74) is 0.585. The third-order valence-electron chi connectivity index (χ3n) is 15.6. The van der Waals surface area contributed by atoms with Gasteiger partial charge in [0.1, 0.15) is 48.1 Å². The lowest BCUT2D eigenvalue weighted by Gasteiger charge is -2.36. The van der Waals surface area contributed by atoms with Crippen LogP contribution >= 0.6 is 0 Å². The first-order valence-electron chi connectivity index (χ1n) is 28.3. The Labute approximate surface area is 467 Å². The molecule has 1 aromatic rings. The fourth-order valence-electron chi connectivity index (χ4n) is 10.6. The Morgan fingerprint density at radius 2 is 1.48 bits per heavy atom. The highest BCUT2D eigenvalue weighted by Gasteiger charge is 2.46. The number of esters is 2. The van der Waals surface area contributed by atoms with E-state index in [2.05, 4.69) is 16.0 Å². The Kier molecular flexibility index (Phi) is 24.3. The number of hydrogen-bond donors (Lipinski definition) is 4. The molecule has 0 spiro atoms. The Bertz CT molecular complexity index is 2330. The van der Waals surface area contributed by atoms with E-state index in [1.807, 2.05) is 27.7 Å². The van der Waals surface area contributed by atoms with Crippen LogP contribution in [0.2, 0.25) is 0 Å². The summed E-state index contributed by atoms with van der Waals surface area (Å²) in [6, 6.07) is -1.82. The maximum absolute atomic E-state index is 15.0. The van der Waals surface area contributed by atoms with Gasteiger partial charge < -0.3 is 54.9 Å². The van der Waals surface area contributed by atoms with E-state index in [0.29, 0.717) is 43.5 Å². The van der Waals surface area contributed by atoms with Gasteiger partial charge in [-0.15, -0.1) is 0 Å². The number of benzene rings is 1. The van der Waals surface area contributed by atoms with Crippen LogP contribution in [0, 0.1) is 35.5 Å². The topological polar surface area (TPSA) is 268 Å². The molecule has 0 aromatic heterocycles. The molecule has 0 bridgehead atoms. The van der Waals surface area contributed by atoms with Gasteiger partial charge in [-0.3, -0.25) is 43.2 Å². The lowest BCUT2D eigenvalue weighted by molar-refractivity contribution is -0.163. The Morgan fingerprint density at radius 1 is 0.848 bits per heavy atom. The molecule has 0 aliphatic carbocycles. The number of rotatable bonds is 15. The number of Topliss-reactive ketones (excluding diaryl/α,β-unsaturated/α-hetero) is 1. The van der Waals surface area contributed by atoms with E-state index in [0.717, 1.165) is 0 Å². The number of amides is 7. The molecule has 0 saturated carbocycles. The second kappa shape index (κ2) is 29.4. The lowest BCUT2D eigenvalue weighted by Crippen LogP contribution is -2.62. The molecule has 4 N–H and O–H groups in total. The van der Waals surface area contributed by atoms with Crippen LogP contribution in [0.5, 0.6) is 5.75 Å². The Hall–Kier alpha value is -6.12. The van der Waals surface area contributed by atoms with Crippen molar-refractivity contribution < 1.29 is 67.3 Å². The summed E-state index contributed by atoms with van der Waals surface area (Å²) in [5, 5.41) is 20.2. The third-order valence-corrected chi connectivity index (χ3v) is 15.6. The molecule has 4 rings (SSSR count). The third kappa shape index (κ3) is 17.0. The van der Waals surface area contributed by atoms with Gasteiger partial charge >= 0.3 is 11.9 Å². The number of methoxy groups -OCH3 is 1. The van der Waals surface area contributed by atoms with Crippen molar-refractivity contribution in [3.63, 3.8) is 0 Å². The normalized spacial score (nSPS) is 27.3. The van der Waals surface area contributed by atoms with Gasteiger partial charge in [0.05, 0.1) is 31.6 Å². The minimum atomic E-state index is -1.73. The highest BCUT2D eigenvalue weighted by molar-refractivity contribution is 6.05. The minimum Gasteiger partial charge on any atom is -0.497 e. The number of likely N-dealkylation sites (tertiary alicyclic amines) is 1. The summed E-state index contributed by atoms with van der Waals surface area (Å²) in [6.07, 6.45) is -3.21. The molecule has 21 nitrogen and oxygen atoms in total. The fourth-order valence-corrected chi connectivity index (χ4v) is 10.6. The van der Waals surface area contributed by atoms with E-state index < -0.39 is 138 Å². The van der Waals surface area contributed by atoms with E-state index in [-0.39, 0.29) is 55.9 Å². The van der Waals surface area contributed by atoms with Gasteiger partial charge in [-0.05, 0) is 93.7 Å². The first-order valence-corrected chi connectivity index (χ1v) is 28.3. The molecule has 0 radical (unpaired) electrons. The highest BCUT2D eigenvalue weighted by atomic mass is 16.6. The second-order valence-electron chi connectivity index (χ2n) is 23.4. The van der Waals surface area contributed by atoms with Crippen LogP contribution in [0.3, 0.4) is 0 Å². The molecule has 79 heavy (non-hydrogen) atoms. The quantitative estimate of drug-likeness (QED) is 0.145. The van der Waals surface area contributed by atoms with Gasteiger partial charge in [-0.1, -0.05) is 87.8 Å². The van der Waals surface area contributed by atoms with Gasteiger partial charge in [-0.25, -0.2) is 4.79 Å². The zero-order chi connectivity index (χ0) is 59.3. The average molecular weight is 1110 g/mol. The molecule has 3 aliphatic rings. The molecule has 3 fully saturated rings. The fraction of sp³-hybridized carbons (Fsp3) is 0.724. The van der Waals surface area contributed by atoms with Crippen molar-refractivity contribution in [2.75, 3.05) is 34.3 Å². The molecule has 3 heterocycles. The van der Waals surface area contributed by atoms with Gasteiger partial charge in [-0.2, -0.15) is 0 Å². The van der Waals surface area contributed by atoms with Crippen molar-refractivity contribution in [2.24, 2.45) is 35.5 Å². The SMILES string of the molecule is CC[C@H](C)[C@@H]1NC(=O)[C@@H](NC(=O)[C@@H](CC(C)C)N(C)C(=O)[C@H]2CCCN2C(=O)C(C)C)[C@@H](C)OC(=O)[C@H](Cc2ccc(OC)cc2)N(C)C(=O)[C@@H]2CCCN2C(=O)[C@H](CC(C)C)NC(=O)[C@@H](C)C(=O)[C@H](C(C)C)OC(=O)C[C@@H]1O. The number of cyclic esters (lactones) is 2. The molecular formula is C58H91N7O14. The number of aliphatic hydroxyl groups excluding tert-OH is 1. The first kappa shape index (κ1) is 65.4. The predicted molar refractivity (Wildman–Crippen MR) is 293 cm³/mol. The highest BCUT2D eigenvalue weighted by Crippen LogP contribution is 2.28. The second-order valence-corrected chi connectivity index (χ2v) is 23.4. The van der Waals surface area contributed by atoms with Gasteiger partial charge in [0.25, 0.3) is 0 Å². The van der Waals surface area contributed by atoms with Gasteiger partial charge in [0.2, 0.25) is 41.4 Å². The number of ether oxygens (including phenoxy) is 3. The van der Waals surface area contributed by atoms with Crippen molar-refractivity contribution in [3.05, 3.63) is 29.8 Å². The standard InChI is InChI=1S/C58H91N7O14/c1-16-35(10)47-45(66)30-46(67)79-50(33(6)7)49(68)36(11)51(69)59-40(27-31(2)3)55(73)65-26-18-20-42(65)57(75)63(14)44(29-38-21-23-39(77-15)24-22-38)58(76)78-37(12)48(53(71)60-47)61-52(70)43(28-32(4)5)62(13)56(74)41-19-17-25-64(41)54(72)34(8)9/h21-24,31-37,40-45,47-48,50,66H,16-20,25-30H2,1-15H3,(H,59,69)(H,60,71)(H,61,70)/t35-,36-,37+,40-,41+,42-,43+,44-,45-,47-,48-,50-/m0/s1. The van der Waals surface area contributed by atoms with Crippen molar-refractivity contribution in [1.29, 1.82) is 0 Å². The zero-order valence-electron chi connectivity index (χ0n) is 49.4. The largest absolute Gasteiger partial charge is 0.497 e. The maximum Gasteiger partial charge on any atom is 0.329 e. The van der Waals surface area contributed by atoms with Crippen LogP contribution in [0.15, 0.2) is 24.3 Å². The number of ketones is 1. The summed E-state index contributed by atoms with van der Waals surface area (Å²) in [6.45, 7) is 20.9. The van der Waals surface area contributed by atoms with Crippen LogP contribution in [-0.4, -0.2) is 179 Å². The number of fused-ring (bicyclic) bond motifs is 1. The zero-order valence-corrected chi connectivity index (χ0v) is 49.4. The molecule has 12 atom stereocenters. The molecule has 442 valence electrons. The van der Waals surface area contributed by atoms with E-state index in [4.69, 9.17) is 14.2 Å². The smallest absolute Gasteiger partial charge is 0.329 e. The molecule has 0 unspecified atom stereocenters. The summed E-state index contributed by atoms with van der Waals surface area (Å²) in [5.74, 6) is -9.84. The van der Waals surface area contributed by atoms with Crippen LogP contribution < -0.4 is 20.7 Å². The van der Waals surface area contributed by atoms with Crippen molar-refractivity contribution in [3.8, 4) is 5.75 Å². The van der Waals surface area contributed by atoms with Crippen LogP contribution in [-0.2, 0) is 63.8 Å². The number of nitrogens with one attached hydrogen (secondary N) is 3.